The number of hydrogen-bond acceptors (Lipinski definition) is 9. The second-order valence-corrected chi connectivity index (χ2v) is 4.82. The molecule has 21 heavy (non-hydrogen) atoms. The van der Waals surface area contributed by atoms with Crippen molar-refractivity contribution in [1.29, 1.82) is 0 Å². The Morgan fingerprint density at radius 2 is 2.05 bits per heavy atom. The second kappa shape index (κ2) is 4.86. The minimum absolute atomic E-state index is 0.138. The van der Waals surface area contributed by atoms with Gasteiger partial charge in [0.1, 0.15) is 30.2 Å². The van der Waals surface area contributed by atoms with E-state index < -0.39 is 37.3 Å². The Labute approximate surface area is 118 Å². The molecule has 0 aliphatic carbocycles. The molecule has 4 atom stereocenters. The lowest BCUT2D eigenvalue weighted by Crippen LogP contribution is -2.48. The Morgan fingerprint density at radius 1 is 1.29 bits per heavy atom. The van der Waals surface area contributed by atoms with Crippen molar-refractivity contribution in [2.24, 2.45) is 0 Å². The van der Waals surface area contributed by atoms with Gasteiger partial charge in [-0.25, -0.2) is 15.0 Å². The molecule has 1 fully saturated rings. The zero-order valence-corrected chi connectivity index (χ0v) is 10.9. The molecule has 0 amide bonds. The first kappa shape index (κ1) is 14.1. The SMILES string of the molecule is Nc1ncnc2c1ncn2C1(CO)O[C@H](CO)[C@@H](O)[C@H]1O. The van der Waals surface area contributed by atoms with Crippen molar-refractivity contribution >= 4 is 17.0 Å². The van der Waals surface area contributed by atoms with Crippen LogP contribution in [0.5, 0.6) is 0 Å². The van der Waals surface area contributed by atoms with Gasteiger partial charge in [0, 0.05) is 0 Å². The van der Waals surface area contributed by atoms with Crippen molar-refractivity contribution in [3.8, 4) is 0 Å². The van der Waals surface area contributed by atoms with Crippen LogP contribution in [0.1, 0.15) is 0 Å². The molecule has 0 aromatic carbocycles. The third-order valence-corrected chi connectivity index (χ3v) is 3.70. The molecule has 6 N–H and O–H groups in total. The van der Waals surface area contributed by atoms with Crippen LogP contribution in [0.2, 0.25) is 0 Å². The molecule has 0 spiro atoms. The maximum absolute atomic E-state index is 10.2. The molecule has 0 radical (unpaired) electrons. The monoisotopic (exact) mass is 297 g/mol. The molecular formula is C11H15N5O5. The maximum Gasteiger partial charge on any atom is 0.199 e. The molecule has 0 bridgehead atoms. The van der Waals surface area contributed by atoms with Crippen LogP contribution >= 0.6 is 0 Å². The van der Waals surface area contributed by atoms with E-state index in [2.05, 4.69) is 15.0 Å². The highest BCUT2D eigenvalue weighted by Crippen LogP contribution is 2.37. The van der Waals surface area contributed by atoms with E-state index in [-0.39, 0.29) is 17.0 Å². The number of hydrogen-bond donors (Lipinski definition) is 5. The summed E-state index contributed by atoms with van der Waals surface area (Å²) in [5, 5.41) is 39.1. The van der Waals surface area contributed by atoms with Crippen molar-refractivity contribution in [2.45, 2.75) is 24.0 Å². The van der Waals surface area contributed by atoms with Crippen LogP contribution in [-0.4, -0.2) is 71.5 Å². The highest BCUT2D eigenvalue weighted by molar-refractivity contribution is 5.81. The molecule has 1 aliphatic rings. The third kappa shape index (κ3) is 1.81. The van der Waals surface area contributed by atoms with Crippen LogP contribution in [0.15, 0.2) is 12.7 Å². The first-order chi connectivity index (χ1) is 10.0. The number of nitrogens with two attached hydrogens (primary N) is 1. The second-order valence-electron chi connectivity index (χ2n) is 4.82. The number of rotatable bonds is 3. The Balaban J connectivity index is 2.17. The first-order valence-electron chi connectivity index (χ1n) is 6.25. The number of fused-ring (bicyclic) bond motifs is 1. The summed E-state index contributed by atoms with van der Waals surface area (Å²) in [6.45, 7) is -1.17. The molecule has 3 heterocycles. The summed E-state index contributed by atoms with van der Waals surface area (Å²) in [6.07, 6.45) is -1.39. The number of aliphatic hydroxyl groups excluding tert-OH is 4. The number of imidazole rings is 1. The number of nitrogens with zero attached hydrogens (tertiary/aromatic N) is 4. The predicted molar refractivity (Wildman–Crippen MR) is 68.8 cm³/mol. The summed E-state index contributed by atoms with van der Waals surface area (Å²) < 4.78 is 6.77. The normalized spacial score (nSPS) is 32.9. The number of aromatic nitrogens is 4. The molecule has 0 saturated carbocycles. The Morgan fingerprint density at radius 3 is 2.67 bits per heavy atom. The van der Waals surface area contributed by atoms with Gasteiger partial charge in [-0.1, -0.05) is 0 Å². The van der Waals surface area contributed by atoms with Gasteiger partial charge in [0.2, 0.25) is 0 Å². The summed E-state index contributed by atoms with van der Waals surface area (Å²) in [4.78, 5) is 11.8. The van der Waals surface area contributed by atoms with Gasteiger partial charge in [0.25, 0.3) is 0 Å². The lowest BCUT2D eigenvalue weighted by atomic mass is 10.0. The van der Waals surface area contributed by atoms with Gasteiger partial charge in [-0.3, -0.25) is 4.57 Å². The number of anilines is 1. The molecule has 2 aromatic heterocycles. The molecule has 1 unspecified atom stereocenters. The molecule has 114 valence electrons. The van der Waals surface area contributed by atoms with Crippen LogP contribution < -0.4 is 5.73 Å². The third-order valence-electron chi connectivity index (χ3n) is 3.70. The summed E-state index contributed by atoms with van der Waals surface area (Å²) >= 11 is 0. The predicted octanol–water partition coefficient (Wildman–Crippen LogP) is -2.83. The molecular weight excluding hydrogens is 282 g/mol. The molecule has 10 heteroatoms. The smallest absolute Gasteiger partial charge is 0.199 e. The highest BCUT2D eigenvalue weighted by Gasteiger charge is 2.55. The van der Waals surface area contributed by atoms with E-state index in [1.807, 2.05) is 0 Å². The van der Waals surface area contributed by atoms with Crippen molar-refractivity contribution in [1.82, 2.24) is 19.5 Å². The molecule has 2 aromatic rings. The lowest BCUT2D eigenvalue weighted by Gasteiger charge is -2.31. The number of nitrogen functional groups attached to an aromatic ring is 1. The number of aliphatic hydroxyl groups is 4. The Hall–Kier alpha value is -1.85. The Bertz CT molecular complexity index is 663. The van der Waals surface area contributed by atoms with E-state index in [4.69, 9.17) is 10.5 Å². The summed E-state index contributed by atoms with van der Waals surface area (Å²) in [5.41, 5.74) is 4.50. The first-order valence-corrected chi connectivity index (χ1v) is 6.25. The van der Waals surface area contributed by atoms with Crippen LogP contribution in [0.4, 0.5) is 5.82 Å². The van der Waals surface area contributed by atoms with Gasteiger partial charge in [-0.05, 0) is 0 Å². The average molecular weight is 297 g/mol. The average Bonchev–Trinajstić information content (AvgIpc) is 3.03. The van der Waals surface area contributed by atoms with E-state index in [9.17, 15) is 20.4 Å². The van der Waals surface area contributed by atoms with E-state index in [1.165, 1.54) is 17.2 Å². The zero-order chi connectivity index (χ0) is 15.2. The van der Waals surface area contributed by atoms with Gasteiger partial charge in [-0.2, -0.15) is 0 Å². The molecule has 3 rings (SSSR count). The van der Waals surface area contributed by atoms with Gasteiger partial charge in [-0.15, -0.1) is 0 Å². The van der Waals surface area contributed by atoms with Gasteiger partial charge < -0.3 is 30.9 Å². The Kier molecular flexibility index (Phi) is 3.26. The topological polar surface area (TPSA) is 160 Å². The fraction of sp³-hybridized carbons (Fsp3) is 0.545. The summed E-state index contributed by atoms with van der Waals surface area (Å²) in [5.74, 6) is 0.138. The number of ether oxygens (including phenoxy) is 1. The largest absolute Gasteiger partial charge is 0.394 e. The van der Waals surface area contributed by atoms with E-state index in [0.29, 0.717) is 0 Å². The van der Waals surface area contributed by atoms with Crippen LogP contribution in [0.3, 0.4) is 0 Å². The van der Waals surface area contributed by atoms with E-state index in [1.54, 1.807) is 0 Å². The zero-order valence-electron chi connectivity index (χ0n) is 10.9. The van der Waals surface area contributed by atoms with Gasteiger partial charge in [0.15, 0.2) is 17.2 Å². The standard InChI is InChI=1S/C11H15N5O5/c12-9-6-10(14-3-13-9)16(4-15-6)11(2-18)8(20)7(19)5(1-17)21-11/h3-5,7-8,17-20H,1-2H2,(H2,12,13,14)/t5-,7-,8-,11?/m1/s1. The molecule has 1 aliphatic heterocycles. The van der Waals surface area contributed by atoms with Gasteiger partial charge in [0.05, 0.1) is 19.5 Å². The van der Waals surface area contributed by atoms with Crippen LogP contribution in [-0.2, 0) is 10.5 Å². The quantitative estimate of drug-likeness (QED) is 0.402. The van der Waals surface area contributed by atoms with Crippen molar-refractivity contribution < 1.29 is 25.2 Å². The van der Waals surface area contributed by atoms with Crippen molar-refractivity contribution in [3.05, 3.63) is 12.7 Å². The molecule has 10 nitrogen and oxygen atoms in total. The fourth-order valence-corrected chi connectivity index (χ4v) is 2.55. The van der Waals surface area contributed by atoms with E-state index >= 15 is 0 Å². The summed E-state index contributed by atoms with van der Waals surface area (Å²) in [7, 11) is 0. The fourth-order valence-electron chi connectivity index (χ4n) is 2.55. The minimum Gasteiger partial charge on any atom is -0.394 e. The maximum atomic E-state index is 10.2. The summed E-state index contributed by atoms with van der Waals surface area (Å²) in [6, 6.07) is 0. The van der Waals surface area contributed by atoms with Crippen LogP contribution in [0, 0.1) is 0 Å². The minimum atomic E-state index is -1.71. The molecule has 1 saturated heterocycles. The lowest BCUT2D eigenvalue weighted by molar-refractivity contribution is -0.169. The van der Waals surface area contributed by atoms with E-state index in [0.717, 1.165) is 0 Å². The van der Waals surface area contributed by atoms with Crippen molar-refractivity contribution in [3.63, 3.8) is 0 Å². The van der Waals surface area contributed by atoms with Crippen LogP contribution in [0.25, 0.3) is 11.2 Å². The van der Waals surface area contributed by atoms with Gasteiger partial charge >= 0.3 is 0 Å². The highest BCUT2D eigenvalue weighted by atomic mass is 16.6. The van der Waals surface area contributed by atoms with Crippen molar-refractivity contribution in [2.75, 3.05) is 18.9 Å².